The molecule has 4 unspecified atom stereocenters. The first-order valence-electron chi connectivity index (χ1n) is 3.78. The monoisotopic (exact) mass is 189 g/mol. The molecule has 0 amide bonds. The van der Waals surface area contributed by atoms with Crippen molar-refractivity contribution in [3.05, 3.63) is 4.91 Å². The van der Waals surface area contributed by atoms with Gasteiger partial charge >= 0.3 is 5.97 Å². The molecule has 0 saturated carbocycles. The van der Waals surface area contributed by atoms with E-state index in [1.165, 1.54) is 11.8 Å². The van der Waals surface area contributed by atoms with Crippen LogP contribution in [0.5, 0.6) is 0 Å². The first kappa shape index (κ1) is 9.51. The zero-order valence-electron chi connectivity index (χ0n) is 6.93. The van der Waals surface area contributed by atoms with Crippen LogP contribution in [0.3, 0.4) is 0 Å². The van der Waals surface area contributed by atoms with Gasteiger partial charge in [-0.25, -0.2) is 0 Å². The predicted octanol–water partition coefficient (Wildman–Crippen LogP) is 1.35. The Bertz CT molecular complexity index is 209. The van der Waals surface area contributed by atoms with Crippen LogP contribution in [-0.2, 0) is 4.79 Å². The minimum absolute atomic E-state index is 0.0137. The van der Waals surface area contributed by atoms with Gasteiger partial charge in [0.1, 0.15) is 6.04 Å². The second-order valence-corrected chi connectivity index (χ2v) is 4.77. The number of aliphatic carboxylic acids is 1. The Balaban J connectivity index is 2.81. The Kier molecular flexibility index (Phi) is 2.72. The van der Waals surface area contributed by atoms with E-state index in [1.54, 1.807) is 0 Å². The maximum absolute atomic E-state index is 10.7. The zero-order chi connectivity index (χ0) is 9.30. The summed E-state index contributed by atoms with van der Waals surface area (Å²) in [6.07, 6.45) is 0. The van der Waals surface area contributed by atoms with E-state index >= 15 is 0 Å². The van der Waals surface area contributed by atoms with Crippen LogP contribution in [0.15, 0.2) is 5.18 Å². The summed E-state index contributed by atoms with van der Waals surface area (Å²) in [6.45, 7) is 3.67. The predicted molar refractivity (Wildman–Crippen MR) is 47.2 cm³/mol. The summed E-state index contributed by atoms with van der Waals surface area (Å²) in [5, 5.41) is 11.7. The highest BCUT2D eigenvalue weighted by Gasteiger charge is 2.45. The SMILES string of the molecule is CC1SC(C)C(C(=O)O)C1N=O. The molecule has 0 spiro atoms. The second-order valence-electron chi connectivity index (χ2n) is 3.01. The third kappa shape index (κ3) is 1.46. The molecule has 1 rings (SSSR count). The molecule has 1 aliphatic rings. The van der Waals surface area contributed by atoms with Crippen LogP contribution < -0.4 is 0 Å². The van der Waals surface area contributed by atoms with Crippen molar-refractivity contribution in [3.8, 4) is 0 Å². The van der Waals surface area contributed by atoms with E-state index in [9.17, 15) is 9.70 Å². The summed E-state index contributed by atoms with van der Waals surface area (Å²) in [6, 6.07) is -0.567. The molecule has 1 aliphatic heterocycles. The fourth-order valence-corrected chi connectivity index (χ4v) is 3.08. The number of nitroso groups, excluding NO2 is 1. The van der Waals surface area contributed by atoms with Gasteiger partial charge in [0.2, 0.25) is 0 Å². The normalized spacial score (nSPS) is 41.2. The third-order valence-electron chi connectivity index (χ3n) is 2.19. The lowest BCUT2D eigenvalue weighted by Gasteiger charge is -2.11. The minimum atomic E-state index is -0.913. The molecule has 4 atom stereocenters. The molecule has 12 heavy (non-hydrogen) atoms. The molecule has 1 fully saturated rings. The molecule has 0 aromatic heterocycles. The summed E-state index contributed by atoms with van der Waals surface area (Å²) in [5.41, 5.74) is 0. The highest BCUT2D eigenvalue weighted by Crippen LogP contribution is 2.39. The van der Waals surface area contributed by atoms with E-state index in [0.717, 1.165) is 0 Å². The maximum Gasteiger partial charge on any atom is 0.309 e. The number of hydrogen-bond donors (Lipinski definition) is 1. The van der Waals surface area contributed by atoms with E-state index < -0.39 is 17.9 Å². The Morgan fingerprint density at radius 3 is 2.33 bits per heavy atom. The molecule has 1 saturated heterocycles. The van der Waals surface area contributed by atoms with Crippen molar-refractivity contribution in [2.45, 2.75) is 30.4 Å². The molecule has 1 heterocycles. The fraction of sp³-hybridized carbons (Fsp3) is 0.857. The van der Waals surface area contributed by atoms with Crippen molar-refractivity contribution < 1.29 is 9.90 Å². The number of hydrogen-bond acceptors (Lipinski definition) is 4. The number of thioether (sulfide) groups is 1. The average molecular weight is 189 g/mol. The van der Waals surface area contributed by atoms with Crippen LogP contribution in [0.25, 0.3) is 0 Å². The van der Waals surface area contributed by atoms with E-state index in [2.05, 4.69) is 5.18 Å². The van der Waals surface area contributed by atoms with Gasteiger partial charge < -0.3 is 5.11 Å². The topological polar surface area (TPSA) is 66.7 Å². The van der Waals surface area contributed by atoms with Gasteiger partial charge in [0.05, 0.1) is 5.92 Å². The van der Waals surface area contributed by atoms with Crippen molar-refractivity contribution in [3.63, 3.8) is 0 Å². The van der Waals surface area contributed by atoms with E-state index in [1.807, 2.05) is 13.8 Å². The Labute approximate surface area is 74.7 Å². The van der Waals surface area contributed by atoms with Crippen molar-refractivity contribution in [1.29, 1.82) is 0 Å². The van der Waals surface area contributed by atoms with E-state index in [-0.39, 0.29) is 10.5 Å². The Hall–Kier alpha value is -0.580. The molecule has 0 radical (unpaired) electrons. The van der Waals surface area contributed by atoms with Crippen LogP contribution in [0.1, 0.15) is 13.8 Å². The van der Waals surface area contributed by atoms with Gasteiger partial charge in [0, 0.05) is 10.5 Å². The molecule has 0 aromatic carbocycles. The highest BCUT2D eigenvalue weighted by molar-refractivity contribution is 8.00. The summed E-state index contributed by atoms with van der Waals surface area (Å²) in [4.78, 5) is 21.1. The van der Waals surface area contributed by atoms with E-state index in [0.29, 0.717) is 0 Å². The van der Waals surface area contributed by atoms with Gasteiger partial charge in [0.25, 0.3) is 0 Å². The fourth-order valence-electron chi connectivity index (χ4n) is 1.57. The zero-order valence-corrected chi connectivity index (χ0v) is 7.75. The number of nitrogens with zero attached hydrogens (tertiary/aromatic N) is 1. The van der Waals surface area contributed by atoms with Crippen LogP contribution in [0.4, 0.5) is 0 Å². The molecule has 0 aliphatic carbocycles. The smallest absolute Gasteiger partial charge is 0.309 e. The number of carboxylic acids is 1. The summed E-state index contributed by atoms with van der Waals surface area (Å²) in [5.74, 6) is -1.52. The average Bonchev–Trinajstić information content (AvgIpc) is 2.24. The lowest BCUT2D eigenvalue weighted by molar-refractivity contribution is -0.142. The van der Waals surface area contributed by atoms with Crippen molar-refractivity contribution in [2.24, 2.45) is 11.1 Å². The third-order valence-corrected chi connectivity index (χ3v) is 3.62. The van der Waals surface area contributed by atoms with Crippen LogP contribution >= 0.6 is 11.8 Å². The molecular weight excluding hydrogens is 178 g/mol. The molecule has 4 nitrogen and oxygen atoms in total. The summed E-state index contributed by atoms with van der Waals surface area (Å²) < 4.78 is 0. The Morgan fingerprint density at radius 1 is 1.42 bits per heavy atom. The standard InChI is InChI=1S/C7H11NO3S/c1-3-5(7(9)10)6(8-11)4(2)12-3/h3-6H,1-2H3,(H,9,10). The first-order chi connectivity index (χ1) is 5.57. The minimum Gasteiger partial charge on any atom is -0.481 e. The lowest BCUT2D eigenvalue weighted by atomic mass is 9.96. The van der Waals surface area contributed by atoms with Crippen molar-refractivity contribution in [2.75, 3.05) is 0 Å². The second kappa shape index (κ2) is 3.43. The summed E-state index contributed by atoms with van der Waals surface area (Å²) >= 11 is 1.51. The highest BCUT2D eigenvalue weighted by atomic mass is 32.2. The van der Waals surface area contributed by atoms with E-state index in [4.69, 9.17) is 5.11 Å². The van der Waals surface area contributed by atoms with Crippen LogP contribution in [-0.4, -0.2) is 27.6 Å². The lowest BCUT2D eigenvalue weighted by Crippen LogP contribution is -2.30. The van der Waals surface area contributed by atoms with Gasteiger partial charge in [-0.05, 0) is 0 Å². The van der Waals surface area contributed by atoms with Gasteiger partial charge in [-0.1, -0.05) is 19.0 Å². The van der Waals surface area contributed by atoms with Crippen LogP contribution in [0.2, 0.25) is 0 Å². The van der Waals surface area contributed by atoms with Crippen molar-refractivity contribution in [1.82, 2.24) is 0 Å². The van der Waals surface area contributed by atoms with Crippen LogP contribution in [0, 0.1) is 10.8 Å². The molecule has 0 aromatic rings. The molecular formula is C7H11NO3S. The van der Waals surface area contributed by atoms with Gasteiger partial charge in [-0.2, -0.15) is 16.7 Å². The maximum atomic E-state index is 10.7. The number of carboxylic acid groups (broad SMARTS) is 1. The van der Waals surface area contributed by atoms with Gasteiger partial charge in [-0.15, -0.1) is 0 Å². The molecule has 1 N–H and O–H groups in total. The molecule has 0 bridgehead atoms. The molecule has 5 heteroatoms. The number of rotatable bonds is 2. The van der Waals surface area contributed by atoms with Gasteiger partial charge in [-0.3, -0.25) is 4.79 Å². The first-order valence-corrected chi connectivity index (χ1v) is 4.73. The number of carbonyl (C=O) groups is 1. The van der Waals surface area contributed by atoms with Crippen molar-refractivity contribution >= 4 is 17.7 Å². The Morgan fingerprint density at radius 2 is 2.00 bits per heavy atom. The summed E-state index contributed by atoms with van der Waals surface area (Å²) in [7, 11) is 0. The quantitative estimate of drug-likeness (QED) is 0.666. The van der Waals surface area contributed by atoms with Gasteiger partial charge in [0.15, 0.2) is 0 Å². The largest absolute Gasteiger partial charge is 0.481 e. The molecule has 68 valence electrons.